The van der Waals surface area contributed by atoms with Crippen molar-refractivity contribution in [3.05, 3.63) is 65.5 Å². The molecule has 0 aliphatic carbocycles. The summed E-state index contributed by atoms with van der Waals surface area (Å²) in [6.07, 6.45) is 3.74. The molecule has 1 N–H and O–H groups in total. The third kappa shape index (κ3) is 2.70. The fraction of sp³-hybridized carbons (Fsp3) is 0. The number of benzene rings is 2. The van der Waals surface area contributed by atoms with Gasteiger partial charge in [-0.25, -0.2) is 4.39 Å². The average molecular weight is 214 g/mol. The van der Waals surface area contributed by atoms with Crippen LogP contribution >= 0.6 is 0 Å². The quantitative estimate of drug-likeness (QED) is 0.756. The van der Waals surface area contributed by atoms with Crippen molar-refractivity contribution in [3.8, 4) is 5.75 Å². The Morgan fingerprint density at radius 1 is 0.875 bits per heavy atom. The van der Waals surface area contributed by atoms with Gasteiger partial charge in [0.25, 0.3) is 0 Å². The summed E-state index contributed by atoms with van der Waals surface area (Å²) in [4.78, 5) is 0. The van der Waals surface area contributed by atoms with E-state index in [1.807, 2.05) is 18.2 Å². The summed E-state index contributed by atoms with van der Waals surface area (Å²) in [5, 5.41) is 9.26. The lowest BCUT2D eigenvalue weighted by Crippen LogP contribution is -1.75. The number of phenols is 1. The first-order chi connectivity index (χ1) is 7.74. The zero-order chi connectivity index (χ0) is 11.4. The highest BCUT2D eigenvalue weighted by Crippen LogP contribution is 2.14. The Kier molecular flexibility index (Phi) is 3.01. The van der Waals surface area contributed by atoms with Crippen molar-refractivity contribution in [1.82, 2.24) is 0 Å². The molecule has 2 aromatic carbocycles. The Labute approximate surface area is 93.5 Å². The molecule has 0 aliphatic heterocycles. The Bertz CT molecular complexity index is 500. The van der Waals surface area contributed by atoms with Crippen molar-refractivity contribution >= 4 is 12.2 Å². The van der Waals surface area contributed by atoms with Crippen molar-refractivity contribution in [2.75, 3.05) is 0 Å². The summed E-state index contributed by atoms with van der Waals surface area (Å²) >= 11 is 0. The van der Waals surface area contributed by atoms with E-state index >= 15 is 0 Å². The predicted octanol–water partition coefficient (Wildman–Crippen LogP) is 3.70. The summed E-state index contributed by atoms with van der Waals surface area (Å²) in [5.74, 6) is -0.00392. The third-order valence-corrected chi connectivity index (χ3v) is 2.21. The van der Waals surface area contributed by atoms with Crippen LogP contribution in [0.3, 0.4) is 0 Å². The molecule has 0 bridgehead atoms. The van der Waals surface area contributed by atoms with Crippen LogP contribution in [-0.4, -0.2) is 5.11 Å². The zero-order valence-corrected chi connectivity index (χ0v) is 8.60. The van der Waals surface area contributed by atoms with Crippen molar-refractivity contribution in [2.45, 2.75) is 0 Å². The number of rotatable bonds is 2. The maximum Gasteiger partial charge on any atom is 0.123 e. The topological polar surface area (TPSA) is 20.2 Å². The van der Waals surface area contributed by atoms with E-state index in [2.05, 4.69) is 0 Å². The second-order valence-corrected chi connectivity index (χ2v) is 3.48. The molecular weight excluding hydrogens is 203 g/mol. The van der Waals surface area contributed by atoms with Gasteiger partial charge in [0.15, 0.2) is 0 Å². The Morgan fingerprint density at radius 3 is 2.25 bits per heavy atom. The lowest BCUT2D eigenvalue weighted by atomic mass is 10.1. The van der Waals surface area contributed by atoms with Crippen molar-refractivity contribution in [3.63, 3.8) is 0 Å². The molecule has 16 heavy (non-hydrogen) atoms. The number of aromatic hydroxyl groups is 1. The van der Waals surface area contributed by atoms with E-state index in [4.69, 9.17) is 0 Å². The molecule has 0 fully saturated rings. The lowest BCUT2D eigenvalue weighted by Gasteiger charge is -1.95. The molecule has 0 amide bonds. The lowest BCUT2D eigenvalue weighted by molar-refractivity contribution is 0.475. The van der Waals surface area contributed by atoms with Crippen LogP contribution in [0, 0.1) is 5.82 Å². The van der Waals surface area contributed by atoms with Crippen LogP contribution in [0.1, 0.15) is 11.1 Å². The van der Waals surface area contributed by atoms with Gasteiger partial charge in [-0.3, -0.25) is 0 Å². The first-order valence-electron chi connectivity index (χ1n) is 4.97. The Morgan fingerprint density at radius 2 is 1.56 bits per heavy atom. The zero-order valence-electron chi connectivity index (χ0n) is 8.60. The fourth-order valence-electron chi connectivity index (χ4n) is 1.39. The van der Waals surface area contributed by atoms with Crippen LogP contribution in [-0.2, 0) is 0 Å². The molecule has 0 radical (unpaired) electrons. The van der Waals surface area contributed by atoms with E-state index in [0.29, 0.717) is 0 Å². The van der Waals surface area contributed by atoms with E-state index < -0.39 is 0 Å². The second kappa shape index (κ2) is 4.62. The largest absolute Gasteiger partial charge is 0.508 e. The molecule has 2 heteroatoms. The van der Waals surface area contributed by atoms with Crippen LogP contribution in [0.4, 0.5) is 4.39 Å². The summed E-state index contributed by atoms with van der Waals surface area (Å²) in [7, 11) is 0. The summed E-state index contributed by atoms with van der Waals surface area (Å²) in [6.45, 7) is 0. The highest BCUT2D eigenvalue weighted by atomic mass is 19.1. The van der Waals surface area contributed by atoms with Gasteiger partial charge in [-0.2, -0.15) is 0 Å². The van der Waals surface area contributed by atoms with E-state index in [0.717, 1.165) is 11.1 Å². The minimum Gasteiger partial charge on any atom is -0.508 e. The van der Waals surface area contributed by atoms with Crippen LogP contribution < -0.4 is 0 Å². The minimum atomic E-state index is -0.241. The standard InChI is InChI=1S/C14H11FO/c15-13-8-6-11(7-9-13)4-5-12-2-1-3-14(16)10-12/h1-10,16H/b5-4+. The molecule has 0 saturated heterocycles. The van der Waals surface area contributed by atoms with E-state index in [-0.39, 0.29) is 11.6 Å². The van der Waals surface area contributed by atoms with Crippen molar-refractivity contribution in [2.24, 2.45) is 0 Å². The predicted molar refractivity (Wildman–Crippen MR) is 63.4 cm³/mol. The first kappa shape index (κ1) is 10.4. The first-order valence-corrected chi connectivity index (χ1v) is 4.97. The van der Waals surface area contributed by atoms with E-state index in [9.17, 15) is 9.50 Å². The highest BCUT2D eigenvalue weighted by Gasteiger charge is 1.91. The molecule has 0 atom stereocenters. The monoisotopic (exact) mass is 214 g/mol. The molecule has 0 spiro atoms. The average Bonchev–Trinajstić information content (AvgIpc) is 2.28. The molecule has 1 nitrogen and oxygen atoms in total. The molecule has 0 saturated carbocycles. The maximum atomic E-state index is 12.6. The van der Waals surface area contributed by atoms with Gasteiger partial charge in [-0.1, -0.05) is 36.4 Å². The normalized spacial score (nSPS) is 10.8. The van der Waals surface area contributed by atoms with Crippen molar-refractivity contribution in [1.29, 1.82) is 0 Å². The van der Waals surface area contributed by atoms with Gasteiger partial charge in [0.1, 0.15) is 11.6 Å². The minimum absolute atomic E-state index is 0.237. The number of halogens is 1. The highest BCUT2D eigenvalue weighted by molar-refractivity contribution is 5.69. The summed E-state index contributed by atoms with van der Waals surface area (Å²) in [5.41, 5.74) is 1.83. The fourth-order valence-corrected chi connectivity index (χ4v) is 1.39. The molecule has 2 rings (SSSR count). The SMILES string of the molecule is Oc1cccc(/C=C/c2ccc(F)cc2)c1. The second-order valence-electron chi connectivity index (χ2n) is 3.48. The molecule has 0 aliphatic rings. The molecular formula is C14H11FO. The molecule has 2 aromatic rings. The third-order valence-electron chi connectivity index (χ3n) is 2.21. The van der Waals surface area contributed by atoms with E-state index in [1.54, 1.807) is 30.3 Å². The van der Waals surface area contributed by atoms with Gasteiger partial charge < -0.3 is 5.11 Å². The maximum absolute atomic E-state index is 12.6. The molecule has 0 unspecified atom stereocenters. The van der Waals surface area contributed by atoms with Gasteiger partial charge in [0, 0.05) is 0 Å². The smallest absolute Gasteiger partial charge is 0.123 e. The number of hydrogen-bond donors (Lipinski definition) is 1. The van der Waals surface area contributed by atoms with Crippen molar-refractivity contribution < 1.29 is 9.50 Å². The molecule has 0 heterocycles. The van der Waals surface area contributed by atoms with Gasteiger partial charge >= 0.3 is 0 Å². The van der Waals surface area contributed by atoms with E-state index in [1.165, 1.54) is 12.1 Å². The number of phenolic OH excluding ortho intramolecular Hbond substituents is 1. The van der Waals surface area contributed by atoms with Crippen LogP contribution in [0.2, 0.25) is 0 Å². The van der Waals surface area contributed by atoms with Gasteiger partial charge in [-0.05, 0) is 35.4 Å². The molecule has 80 valence electrons. The van der Waals surface area contributed by atoms with Crippen LogP contribution in [0.25, 0.3) is 12.2 Å². The summed E-state index contributed by atoms with van der Waals surface area (Å²) in [6, 6.07) is 13.2. The summed E-state index contributed by atoms with van der Waals surface area (Å²) < 4.78 is 12.6. The van der Waals surface area contributed by atoms with Gasteiger partial charge in [-0.15, -0.1) is 0 Å². The Hall–Kier alpha value is -2.09. The van der Waals surface area contributed by atoms with Gasteiger partial charge in [0.05, 0.1) is 0 Å². The Balaban J connectivity index is 2.18. The number of hydrogen-bond acceptors (Lipinski definition) is 1. The van der Waals surface area contributed by atoms with Crippen LogP contribution in [0.15, 0.2) is 48.5 Å². The van der Waals surface area contributed by atoms with Gasteiger partial charge in [0.2, 0.25) is 0 Å². The van der Waals surface area contributed by atoms with Crippen LogP contribution in [0.5, 0.6) is 5.75 Å². The molecule has 0 aromatic heterocycles.